The molecule has 220 valence electrons. The Bertz CT molecular complexity index is 2300. The van der Waals surface area contributed by atoms with E-state index in [9.17, 15) is 0 Å². The summed E-state index contributed by atoms with van der Waals surface area (Å²) in [5.74, 6) is 2.47. The summed E-state index contributed by atoms with van der Waals surface area (Å²) in [6, 6.07) is 33.6. The normalized spacial score (nSPS) is 14.9. The number of hydrogen-bond acceptors (Lipinski definition) is 4. The second-order valence-corrected chi connectivity index (χ2v) is 12.6. The molecule has 0 fully saturated rings. The third-order valence-corrected chi connectivity index (χ3v) is 9.05. The number of hydrogen-bond donors (Lipinski definition) is 0. The minimum atomic E-state index is 0.101. The Morgan fingerprint density at radius 3 is 2.27 bits per heavy atom. The second-order valence-electron chi connectivity index (χ2n) is 12.6. The summed E-state index contributed by atoms with van der Waals surface area (Å²) < 4.78 is 12.8. The lowest BCUT2D eigenvalue weighted by Gasteiger charge is -2.24. The van der Waals surface area contributed by atoms with Gasteiger partial charge in [-0.05, 0) is 70.3 Å². The number of pyridine rings is 1. The average Bonchev–Trinajstić information content (AvgIpc) is 3.70. The van der Waals surface area contributed by atoms with E-state index in [1.54, 1.807) is 0 Å². The summed E-state index contributed by atoms with van der Waals surface area (Å²) in [5.41, 5.74) is 8.91. The maximum absolute atomic E-state index is 6.51. The fourth-order valence-corrected chi connectivity index (χ4v) is 6.88. The minimum absolute atomic E-state index is 0.101. The molecule has 7 aromatic rings. The highest BCUT2D eigenvalue weighted by molar-refractivity contribution is 6.18. The maximum atomic E-state index is 6.51. The van der Waals surface area contributed by atoms with Crippen LogP contribution in [-0.4, -0.2) is 10.7 Å². The predicted octanol–water partition coefficient (Wildman–Crippen LogP) is 11.4. The largest absolute Gasteiger partial charge is 0.457 e. The van der Waals surface area contributed by atoms with Crippen molar-refractivity contribution in [2.24, 2.45) is 4.99 Å². The fourth-order valence-electron chi connectivity index (χ4n) is 6.88. The lowest BCUT2D eigenvalue weighted by atomic mass is 9.79. The van der Waals surface area contributed by atoms with Gasteiger partial charge >= 0.3 is 0 Å². The molecule has 8 rings (SSSR count). The average molecular weight is 587 g/mol. The molecular weight excluding hydrogens is 552 g/mol. The number of para-hydroxylation sites is 1. The van der Waals surface area contributed by atoms with Crippen LogP contribution in [0, 0.1) is 0 Å². The Labute approximate surface area is 262 Å². The Morgan fingerprint density at radius 1 is 0.689 bits per heavy atom. The molecule has 45 heavy (non-hydrogen) atoms. The number of ether oxygens (including phenoxy) is 1. The summed E-state index contributed by atoms with van der Waals surface area (Å²) in [7, 11) is 0. The Kier molecular flexibility index (Phi) is 6.53. The summed E-state index contributed by atoms with van der Waals surface area (Å²) >= 11 is 0. The fraction of sp³-hybridized carbons (Fsp3) is 0.171. The van der Waals surface area contributed by atoms with Gasteiger partial charge in [0.15, 0.2) is 0 Å². The zero-order valence-electron chi connectivity index (χ0n) is 25.9. The smallest absolute Gasteiger partial charge is 0.146 e. The van der Waals surface area contributed by atoms with Gasteiger partial charge in [-0.25, -0.2) is 0 Å². The van der Waals surface area contributed by atoms with Crippen molar-refractivity contribution >= 4 is 49.3 Å². The molecule has 4 nitrogen and oxygen atoms in total. The molecule has 1 unspecified atom stereocenters. The van der Waals surface area contributed by atoms with Crippen LogP contribution in [0.5, 0.6) is 11.5 Å². The van der Waals surface area contributed by atoms with Gasteiger partial charge in [-0.15, -0.1) is 0 Å². The van der Waals surface area contributed by atoms with E-state index in [0.29, 0.717) is 11.8 Å². The highest BCUT2D eigenvalue weighted by atomic mass is 16.5. The molecule has 5 aromatic carbocycles. The predicted molar refractivity (Wildman–Crippen MR) is 186 cm³/mol. The van der Waals surface area contributed by atoms with Crippen molar-refractivity contribution < 1.29 is 9.15 Å². The summed E-state index contributed by atoms with van der Waals surface area (Å²) in [6.07, 6.45) is 6.11. The van der Waals surface area contributed by atoms with E-state index in [1.807, 2.05) is 42.7 Å². The lowest BCUT2D eigenvalue weighted by molar-refractivity contribution is 0.483. The number of allylic oxidation sites excluding steroid dienone is 1. The van der Waals surface area contributed by atoms with Crippen molar-refractivity contribution in [3.63, 3.8) is 0 Å². The van der Waals surface area contributed by atoms with E-state index in [2.05, 4.69) is 101 Å². The van der Waals surface area contributed by atoms with E-state index >= 15 is 0 Å². The molecule has 1 aliphatic rings. The Morgan fingerprint density at radius 2 is 1.44 bits per heavy atom. The van der Waals surface area contributed by atoms with Gasteiger partial charge in [0, 0.05) is 45.4 Å². The zero-order valence-corrected chi connectivity index (χ0v) is 25.9. The summed E-state index contributed by atoms with van der Waals surface area (Å²) in [5, 5.41) is 5.23. The van der Waals surface area contributed by atoms with Gasteiger partial charge in [0.2, 0.25) is 0 Å². The minimum Gasteiger partial charge on any atom is -0.457 e. The van der Waals surface area contributed by atoms with Crippen molar-refractivity contribution in [3.05, 3.63) is 138 Å². The molecule has 1 aliphatic heterocycles. The van der Waals surface area contributed by atoms with Gasteiger partial charge in [-0.3, -0.25) is 9.98 Å². The third kappa shape index (κ3) is 4.60. The van der Waals surface area contributed by atoms with E-state index < -0.39 is 0 Å². The molecule has 0 N–H and O–H groups in total. The van der Waals surface area contributed by atoms with Gasteiger partial charge in [-0.1, -0.05) is 94.4 Å². The quantitative estimate of drug-likeness (QED) is 0.182. The van der Waals surface area contributed by atoms with Crippen LogP contribution in [0.2, 0.25) is 0 Å². The van der Waals surface area contributed by atoms with E-state index in [0.717, 1.165) is 66.4 Å². The van der Waals surface area contributed by atoms with Crippen LogP contribution in [0.25, 0.3) is 43.6 Å². The van der Waals surface area contributed by atoms with Crippen LogP contribution in [0.4, 0.5) is 0 Å². The molecule has 3 heterocycles. The van der Waals surface area contributed by atoms with Crippen LogP contribution in [-0.2, 0) is 0 Å². The van der Waals surface area contributed by atoms with Gasteiger partial charge in [0.05, 0.1) is 11.2 Å². The molecule has 0 radical (unpaired) electrons. The summed E-state index contributed by atoms with van der Waals surface area (Å²) in [4.78, 5) is 9.80. The van der Waals surface area contributed by atoms with Crippen molar-refractivity contribution in [2.75, 3.05) is 0 Å². The lowest BCUT2D eigenvalue weighted by Crippen LogP contribution is -2.15. The van der Waals surface area contributed by atoms with Crippen LogP contribution < -0.4 is 4.74 Å². The Hall–Kier alpha value is -5.22. The molecule has 1 atom stereocenters. The molecule has 0 aliphatic carbocycles. The van der Waals surface area contributed by atoms with Crippen molar-refractivity contribution in [3.8, 4) is 11.5 Å². The number of aliphatic imine (C=N–C) groups is 1. The van der Waals surface area contributed by atoms with E-state index in [-0.39, 0.29) is 5.92 Å². The molecule has 0 spiro atoms. The number of fused-ring (bicyclic) bond motifs is 7. The standard InChI is InChI=1S/C41H34N2O2/c1-24(2)30-12-8-13-31(25(3)4)38(30)33-19-20-42-39(33)27-9-7-10-28(21-27)44-29-17-15-26-16-18-34-40(35(26)22-29)43-23-36-32-11-5-6-14-37(32)45-41(34)36/h5-25,33H,1-4H3. The van der Waals surface area contributed by atoms with Crippen molar-refractivity contribution in [1.82, 2.24) is 4.98 Å². The summed E-state index contributed by atoms with van der Waals surface area (Å²) in [6.45, 7) is 9.09. The van der Waals surface area contributed by atoms with Crippen LogP contribution in [0.3, 0.4) is 0 Å². The van der Waals surface area contributed by atoms with E-state index in [4.69, 9.17) is 19.1 Å². The van der Waals surface area contributed by atoms with Gasteiger partial charge in [-0.2, -0.15) is 0 Å². The van der Waals surface area contributed by atoms with Gasteiger partial charge in [0.25, 0.3) is 0 Å². The van der Waals surface area contributed by atoms with E-state index in [1.165, 1.54) is 16.7 Å². The Balaban J connectivity index is 1.16. The molecule has 0 amide bonds. The number of rotatable bonds is 6. The molecule has 0 saturated carbocycles. The van der Waals surface area contributed by atoms with Crippen LogP contribution >= 0.6 is 0 Å². The third-order valence-electron chi connectivity index (χ3n) is 9.05. The molecule has 0 saturated heterocycles. The first kappa shape index (κ1) is 27.3. The first-order valence-corrected chi connectivity index (χ1v) is 15.7. The number of nitrogens with zero attached hydrogens (tertiary/aromatic N) is 2. The maximum Gasteiger partial charge on any atom is 0.146 e. The SMILES string of the molecule is CC(C)c1cccc(C(C)C)c1C1C=CN=C1c1cccc(Oc2ccc3ccc4c(ncc5c6ccccc6oc54)c3c2)c1. The monoisotopic (exact) mass is 586 g/mol. The number of benzene rings is 5. The first-order chi connectivity index (χ1) is 22.0. The first-order valence-electron chi connectivity index (χ1n) is 15.7. The van der Waals surface area contributed by atoms with Crippen LogP contribution in [0.15, 0.2) is 125 Å². The van der Waals surface area contributed by atoms with Crippen molar-refractivity contribution in [1.29, 1.82) is 0 Å². The zero-order chi connectivity index (χ0) is 30.7. The number of furan rings is 1. The molecule has 2 aromatic heterocycles. The second kappa shape index (κ2) is 10.7. The number of aromatic nitrogens is 1. The molecule has 4 heteroatoms. The van der Waals surface area contributed by atoms with Gasteiger partial charge in [0.1, 0.15) is 22.7 Å². The highest BCUT2D eigenvalue weighted by Crippen LogP contribution is 2.40. The van der Waals surface area contributed by atoms with Crippen LogP contribution in [0.1, 0.15) is 67.7 Å². The van der Waals surface area contributed by atoms with Crippen molar-refractivity contribution in [2.45, 2.75) is 45.4 Å². The topological polar surface area (TPSA) is 47.6 Å². The molecule has 0 bridgehead atoms. The molecular formula is C41H34N2O2. The highest BCUT2D eigenvalue weighted by Gasteiger charge is 2.27. The van der Waals surface area contributed by atoms with Gasteiger partial charge < -0.3 is 9.15 Å².